The maximum atomic E-state index is 12.1. The lowest BCUT2D eigenvalue weighted by atomic mass is 10.2. The van der Waals surface area contributed by atoms with Crippen molar-refractivity contribution in [3.8, 4) is 5.75 Å². The normalized spacial score (nSPS) is 10.3. The first-order valence-corrected chi connectivity index (χ1v) is 6.58. The number of carbonyl (C=O) groups is 2. The molecule has 1 N–H and O–H groups in total. The Kier molecular flexibility index (Phi) is 4.77. The summed E-state index contributed by atoms with van der Waals surface area (Å²) in [5, 5.41) is 12.2. The Labute approximate surface area is 127 Å². The molecule has 1 heterocycles. The third-order valence-electron chi connectivity index (χ3n) is 2.90. The minimum absolute atomic E-state index is 0.233. The highest BCUT2D eigenvalue weighted by Gasteiger charge is 2.16. The van der Waals surface area contributed by atoms with Crippen molar-refractivity contribution in [2.75, 3.05) is 13.7 Å². The second kappa shape index (κ2) is 6.75. The number of amides is 1. The van der Waals surface area contributed by atoms with E-state index in [1.165, 1.54) is 4.90 Å². The molecule has 7 nitrogen and oxygen atoms in total. The van der Waals surface area contributed by atoms with E-state index < -0.39 is 5.97 Å². The smallest absolute Gasteiger partial charge is 0.341 e. The third kappa shape index (κ3) is 4.08. The maximum Gasteiger partial charge on any atom is 0.341 e. The van der Waals surface area contributed by atoms with Crippen molar-refractivity contribution in [3.63, 3.8) is 0 Å². The third-order valence-corrected chi connectivity index (χ3v) is 2.90. The van der Waals surface area contributed by atoms with Gasteiger partial charge in [-0.25, -0.2) is 4.79 Å². The summed E-state index contributed by atoms with van der Waals surface area (Å²) in [6.07, 6.45) is 0. The monoisotopic (exact) mass is 304 g/mol. The molecule has 0 aliphatic rings. The van der Waals surface area contributed by atoms with Gasteiger partial charge in [0.1, 0.15) is 11.5 Å². The van der Waals surface area contributed by atoms with E-state index >= 15 is 0 Å². The Morgan fingerprint density at radius 3 is 2.55 bits per heavy atom. The zero-order chi connectivity index (χ0) is 16.1. The van der Waals surface area contributed by atoms with Crippen LogP contribution in [0.3, 0.4) is 0 Å². The van der Waals surface area contributed by atoms with Gasteiger partial charge in [-0.3, -0.25) is 4.79 Å². The fourth-order valence-electron chi connectivity index (χ4n) is 1.84. The Hall–Kier alpha value is -2.83. The number of rotatable bonds is 6. The molecule has 0 fully saturated rings. The predicted octanol–water partition coefficient (Wildman–Crippen LogP) is 1.72. The van der Waals surface area contributed by atoms with Gasteiger partial charge in [0.05, 0.1) is 0 Å². The lowest BCUT2D eigenvalue weighted by molar-refractivity contribution is -0.139. The second-order valence-corrected chi connectivity index (χ2v) is 4.81. The molecule has 1 aromatic carbocycles. The van der Waals surface area contributed by atoms with E-state index in [1.54, 1.807) is 44.3 Å². The van der Waals surface area contributed by atoms with Gasteiger partial charge in [-0.15, -0.1) is 0 Å². The summed E-state index contributed by atoms with van der Waals surface area (Å²) in [5.74, 6) is -0.218. The minimum Gasteiger partial charge on any atom is -0.482 e. The molecule has 2 rings (SSSR count). The summed E-state index contributed by atoms with van der Waals surface area (Å²) in [5.41, 5.74) is 1.15. The molecule has 1 aromatic heterocycles. The molecular weight excluding hydrogens is 288 g/mol. The summed E-state index contributed by atoms with van der Waals surface area (Å²) in [4.78, 5) is 24.1. The summed E-state index contributed by atoms with van der Waals surface area (Å²) < 4.78 is 9.93. The number of benzene rings is 1. The van der Waals surface area contributed by atoms with Gasteiger partial charge in [0.25, 0.3) is 5.91 Å². The van der Waals surface area contributed by atoms with Gasteiger partial charge in [-0.2, -0.15) is 0 Å². The first-order valence-electron chi connectivity index (χ1n) is 6.58. The second-order valence-electron chi connectivity index (χ2n) is 4.81. The van der Waals surface area contributed by atoms with Gasteiger partial charge >= 0.3 is 5.97 Å². The van der Waals surface area contributed by atoms with Crippen molar-refractivity contribution in [1.29, 1.82) is 0 Å². The molecule has 1 amide bonds. The van der Waals surface area contributed by atoms with Crippen LogP contribution in [0.5, 0.6) is 5.75 Å². The van der Waals surface area contributed by atoms with E-state index in [1.807, 2.05) is 0 Å². The van der Waals surface area contributed by atoms with Gasteiger partial charge in [0, 0.05) is 19.7 Å². The van der Waals surface area contributed by atoms with Crippen molar-refractivity contribution in [3.05, 3.63) is 47.3 Å². The molecule has 22 heavy (non-hydrogen) atoms. The van der Waals surface area contributed by atoms with Crippen molar-refractivity contribution >= 4 is 11.9 Å². The van der Waals surface area contributed by atoms with Gasteiger partial charge in [-0.05, 0) is 24.6 Å². The zero-order valence-corrected chi connectivity index (χ0v) is 12.3. The Morgan fingerprint density at radius 1 is 1.32 bits per heavy atom. The van der Waals surface area contributed by atoms with Crippen molar-refractivity contribution in [2.45, 2.75) is 13.5 Å². The number of ether oxygens (including phenoxy) is 1. The first kappa shape index (κ1) is 15.6. The first-order chi connectivity index (χ1) is 10.5. The zero-order valence-electron chi connectivity index (χ0n) is 12.3. The van der Waals surface area contributed by atoms with Crippen molar-refractivity contribution in [2.24, 2.45) is 0 Å². The lowest BCUT2D eigenvalue weighted by Crippen LogP contribution is -2.26. The number of aliphatic carboxylic acids is 1. The summed E-state index contributed by atoms with van der Waals surface area (Å²) in [6, 6.07) is 8.46. The highest BCUT2D eigenvalue weighted by Crippen LogP contribution is 2.14. The van der Waals surface area contributed by atoms with Crippen LogP contribution in [-0.2, 0) is 11.3 Å². The summed E-state index contributed by atoms with van der Waals surface area (Å²) in [6.45, 7) is 1.73. The van der Waals surface area contributed by atoms with Crippen molar-refractivity contribution in [1.82, 2.24) is 10.1 Å². The SMILES string of the molecule is Cc1cc(C(=O)N(C)Cc2ccc(OCC(=O)O)cc2)no1. The fraction of sp³-hybridized carbons (Fsp3) is 0.267. The number of nitrogens with zero attached hydrogens (tertiary/aromatic N) is 2. The van der Waals surface area contributed by atoms with E-state index in [2.05, 4.69) is 5.16 Å². The van der Waals surface area contributed by atoms with Gasteiger partial charge in [0.15, 0.2) is 12.3 Å². The molecule has 2 aromatic rings. The molecule has 0 aliphatic carbocycles. The van der Waals surface area contributed by atoms with Crippen LogP contribution in [0, 0.1) is 6.92 Å². The van der Waals surface area contributed by atoms with E-state index in [-0.39, 0.29) is 18.2 Å². The van der Waals surface area contributed by atoms with Gasteiger partial charge in [0.2, 0.25) is 0 Å². The quantitative estimate of drug-likeness (QED) is 0.873. The molecule has 0 atom stereocenters. The fourth-order valence-corrected chi connectivity index (χ4v) is 1.84. The molecule has 0 aliphatic heterocycles. The largest absolute Gasteiger partial charge is 0.482 e. The van der Waals surface area contributed by atoms with Crippen LogP contribution in [0.15, 0.2) is 34.9 Å². The van der Waals surface area contributed by atoms with Crippen LogP contribution in [0.4, 0.5) is 0 Å². The molecule has 0 saturated carbocycles. The standard InChI is InChI=1S/C15H16N2O5/c1-10-7-13(16-22-10)15(20)17(2)8-11-3-5-12(6-4-11)21-9-14(18)19/h3-7H,8-9H2,1-2H3,(H,18,19). The lowest BCUT2D eigenvalue weighted by Gasteiger charge is -2.15. The summed E-state index contributed by atoms with van der Waals surface area (Å²) >= 11 is 0. The Bertz CT molecular complexity index is 663. The highest BCUT2D eigenvalue weighted by molar-refractivity contribution is 5.92. The van der Waals surface area contributed by atoms with Crippen LogP contribution in [0.1, 0.15) is 21.8 Å². The average Bonchev–Trinajstić information content (AvgIpc) is 2.92. The molecular formula is C15H16N2O5. The van der Waals surface area contributed by atoms with Crippen LogP contribution in [-0.4, -0.2) is 40.7 Å². The van der Waals surface area contributed by atoms with E-state index in [9.17, 15) is 9.59 Å². The Morgan fingerprint density at radius 2 is 2.00 bits per heavy atom. The predicted molar refractivity (Wildman–Crippen MR) is 76.6 cm³/mol. The minimum atomic E-state index is -1.03. The number of carboxylic acid groups (broad SMARTS) is 1. The average molecular weight is 304 g/mol. The number of hydrogen-bond acceptors (Lipinski definition) is 5. The number of carbonyl (C=O) groups excluding carboxylic acids is 1. The summed E-state index contributed by atoms with van der Waals surface area (Å²) in [7, 11) is 1.67. The van der Waals surface area contributed by atoms with Gasteiger partial charge in [-0.1, -0.05) is 17.3 Å². The molecule has 0 bridgehead atoms. The van der Waals surface area contributed by atoms with E-state index in [0.717, 1.165) is 5.56 Å². The molecule has 116 valence electrons. The molecule has 0 spiro atoms. The van der Waals surface area contributed by atoms with Crippen LogP contribution in [0.25, 0.3) is 0 Å². The number of aromatic nitrogens is 1. The number of aryl methyl sites for hydroxylation is 1. The molecule has 0 unspecified atom stereocenters. The van der Waals surface area contributed by atoms with Crippen molar-refractivity contribution < 1.29 is 24.0 Å². The highest BCUT2D eigenvalue weighted by atomic mass is 16.5. The van der Waals surface area contributed by atoms with Crippen LogP contribution >= 0.6 is 0 Å². The van der Waals surface area contributed by atoms with Crippen LogP contribution in [0.2, 0.25) is 0 Å². The molecule has 0 radical (unpaired) electrons. The topological polar surface area (TPSA) is 92.9 Å². The van der Waals surface area contributed by atoms with E-state index in [4.69, 9.17) is 14.4 Å². The number of carboxylic acids is 1. The van der Waals surface area contributed by atoms with Gasteiger partial charge < -0.3 is 19.3 Å². The maximum absolute atomic E-state index is 12.1. The van der Waals surface area contributed by atoms with Crippen LogP contribution < -0.4 is 4.74 Å². The molecule has 0 saturated heterocycles. The molecule has 7 heteroatoms. The van der Waals surface area contributed by atoms with E-state index in [0.29, 0.717) is 18.1 Å². The Balaban J connectivity index is 1.95. The number of hydrogen-bond donors (Lipinski definition) is 1.